The van der Waals surface area contributed by atoms with Crippen molar-refractivity contribution < 1.29 is 14.3 Å². The van der Waals surface area contributed by atoms with Gasteiger partial charge in [0.15, 0.2) is 5.96 Å². The Labute approximate surface area is 179 Å². The van der Waals surface area contributed by atoms with E-state index < -0.39 is 11.7 Å². The van der Waals surface area contributed by atoms with Gasteiger partial charge in [-0.1, -0.05) is 12.1 Å². The van der Waals surface area contributed by atoms with E-state index in [4.69, 9.17) is 9.47 Å². The second kappa shape index (κ2) is 12.6. The molecule has 1 rings (SSSR count). The maximum Gasteiger partial charge on any atom is 0.407 e. The molecule has 27 heavy (non-hydrogen) atoms. The predicted molar refractivity (Wildman–Crippen MR) is 120 cm³/mol. The fourth-order valence-corrected chi connectivity index (χ4v) is 2.21. The van der Waals surface area contributed by atoms with E-state index in [-0.39, 0.29) is 24.0 Å². The summed E-state index contributed by atoms with van der Waals surface area (Å²) in [4.78, 5) is 16.2. The van der Waals surface area contributed by atoms with Crippen LogP contribution in [0.5, 0.6) is 5.75 Å². The number of nitrogens with zero attached hydrogens (tertiary/aromatic N) is 1. The Morgan fingerprint density at radius 2 is 1.81 bits per heavy atom. The Hall–Kier alpha value is -1.71. The number of guanidine groups is 1. The third-order valence-corrected chi connectivity index (χ3v) is 3.31. The van der Waals surface area contributed by atoms with Crippen LogP contribution in [0.1, 0.15) is 38.8 Å². The van der Waals surface area contributed by atoms with Gasteiger partial charge in [0.1, 0.15) is 11.4 Å². The van der Waals surface area contributed by atoms with Crippen LogP contribution < -0.4 is 20.7 Å². The Morgan fingerprint density at radius 1 is 1.15 bits per heavy atom. The van der Waals surface area contributed by atoms with Crippen LogP contribution in [0.4, 0.5) is 4.79 Å². The molecule has 0 saturated carbocycles. The molecule has 0 atom stereocenters. The Morgan fingerprint density at radius 3 is 2.37 bits per heavy atom. The fourth-order valence-electron chi connectivity index (χ4n) is 2.21. The second-order valence-corrected chi connectivity index (χ2v) is 6.85. The number of aryl methyl sites for hydroxylation is 1. The minimum absolute atomic E-state index is 0. The van der Waals surface area contributed by atoms with Gasteiger partial charge in [-0.2, -0.15) is 0 Å². The monoisotopic (exact) mass is 492 g/mol. The summed E-state index contributed by atoms with van der Waals surface area (Å²) in [5.74, 6) is 1.57. The number of rotatable bonds is 7. The molecule has 0 spiro atoms. The number of halogens is 1. The van der Waals surface area contributed by atoms with Crippen molar-refractivity contribution >= 4 is 36.0 Å². The van der Waals surface area contributed by atoms with E-state index in [9.17, 15) is 4.79 Å². The minimum Gasteiger partial charge on any atom is -0.496 e. The van der Waals surface area contributed by atoms with Gasteiger partial charge in [-0.25, -0.2) is 9.79 Å². The lowest BCUT2D eigenvalue weighted by Gasteiger charge is -2.19. The van der Waals surface area contributed by atoms with E-state index in [1.807, 2.05) is 46.8 Å². The van der Waals surface area contributed by atoms with Crippen molar-refractivity contribution in [3.8, 4) is 5.75 Å². The first-order chi connectivity index (χ1) is 12.2. The van der Waals surface area contributed by atoms with Gasteiger partial charge in [0.05, 0.1) is 13.7 Å². The van der Waals surface area contributed by atoms with Gasteiger partial charge in [0.25, 0.3) is 0 Å². The summed E-state index contributed by atoms with van der Waals surface area (Å²) in [5.41, 5.74) is 1.69. The van der Waals surface area contributed by atoms with Gasteiger partial charge in [-0.05, 0) is 51.8 Å². The number of benzene rings is 1. The number of carbonyl (C=O) groups excluding carboxylic acids is 1. The molecule has 0 saturated heterocycles. The number of hydrogen-bond donors (Lipinski definition) is 3. The average Bonchev–Trinajstić information content (AvgIpc) is 2.55. The van der Waals surface area contributed by atoms with Crippen molar-refractivity contribution in [2.45, 2.75) is 46.8 Å². The summed E-state index contributed by atoms with van der Waals surface area (Å²) >= 11 is 0. The summed E-state index contributed by atoms with van der Waals surface area (Å²) < 4.78 is 10.5. The van der Waals surface area contributed by atoms with E-state index in [1.54, 1.807) is 7.11 Å². The normalized spacial score (nSPS) is 11.3. The molecular formula is C19H33IN4O3. The average molecular weight is 492 g/mol. The molecule has 1 aromatic rings. The molecule has 8 heteroatoms. The zero-order chi connectivity index (χ0) is 19.6. The van der Waals surface area contributed by atoms with Crippen LogP contribution in [-0.4, -0.2) is 44.4 Å². The molecule has 0 aliphatic carbocycles. The number of aliphatic imine (C=N–C) groups is 1. The zero-order valence-corrected chi connectivity index (χ0v) is 19.5. The molecule has 7 nitrogen and oxygen atoms in total. The molecule has 0 heterocycles. The molecule has 0 aliphatic rings. The van der Waals surface area contributed by atoms with Crippen molar-refractivity contribution in [2.24, 2.45) is 4.99 Å². The lowest BCUT2D eigenvalue weighted by molar-refractivity contribution is 0.0529. The van der Waals surface area contributed by atoms with Crippen molar-refractivity contribution in [2.75, 3.05) is 26.7 Å². The topological polar surface area (TPSA) is 84.0 Å². The highest BCUT2D eigenvalue weighted by Crippen LogP contribution is 2.18. The first-order valence-corrected chi connectivity index (χ1v) is 8.87. The van der Waals surface area contributed by atoms with Crippen molar-refractivity contribution in [1.29, 1.82) is 0 Å². The number of ether oxygens (including phenoxy) is 2. The van der Waals surface area contributed by atoms with Crippen LogP contribution in [0, 0.1) is 6.92 Å². The van der Waals surface area contributed by atoms with Crippen LogP contribution >= 0.6 is 24.0 Å². The molecule has 0 aromatic heterocycles. The minimum atomic E-state index is -0.496. The first kappa shape index (κ1) is 25.3. The van der Waals surface area contributed by atoms with Crippen LogP contribution in [0.2, 0.25) is 0 Å². The quantitative estimate of drug-likeness (QED) is 0.236. The van der Waals surface area contributed by atoms with E-state index in [0.717, 1.165) is 23.4 Å². The number of carbonyl (C=O) groups is 1. The highest BCUT2D eigenvalue weighted by molar-refractivity contribution is 14.0. The van der Waals surface area contributed by atoms with Gasteiger partial charge in [-0.15, -0.1) is 24.0 Å². The van der Waals surface area contributed by atoms with Gasteiger partial charge >= 0.3 is 6.09 Å². The van der Waals surface area contributed by atoms with Gasteiger partial charge in [0.2, 0.25) is 0 Å². The standard InChI is InChI=1S/C19H32N4O3.HI/c1-7-20-17(21-10-11-22-18(24)26-19(3,4)5)23-13-15-8-9-16(25-6)14(2)12-15;/h8-9,12H,7,10-11,13H2,1-6H3,(H,22,24)(H2,20,21,23);1H. The number of hydrogen-bond acceptors (Lipinski definition) is 4. The van der Waals surface area contributed by atoms with Crippen LogP contribution in [0.3, 0.4) is 0 Å². The Kier molecular flexibility index (Phi) is 11.8. The Balaban J connectivity index is 0.00000676. The van der Waals surface area contributed by atoms with Crippen LogP contribution in [0.15, 0.2) is 23.2 Å². The van der Waals surface area contributed by atoms with Crippen molar-refractivity contribution in [1.82, 2.24) is 16.0 Å². The predicted octanol–water partition coefficient (Wildman–Crippen LogP) is 3.20. The van der Waals surface area contributed by atoms with Crippen molar-refractivity contribution in [3.05, 3.63) is 29.3 Å². The summed E-state index contributed by atoms with van der Waals surface area (Å²) in [6, 6.07) is 6.02. The maximum absolute atomic E-state index is 11.6. The molecule has 154 valence electrons. The number of amides is 1. The van der Waals surface area contributed by atoms with Crippen molar-refractivity contribution in [3.63, 3.8) is 0 Å². The SMILES string of the molecule is CCNC(=NCc1ccc(OC)c(C)c1)NCCNC(=O)OC(C)(C)C.I. The fraction of sp³-hybridized carbons (Fsp3) is 0.579. The third-order valence-electron chi connectivity index (χ3n) is 3.31. The van der Waals surface area contributed by atoms with Crippen LogP contribution in [-0.2, 0) is 11.3 Å². The summed E-state index contributed by atoms with van der Waals surface area (Å²) in [6.45, 7) is 11.8. The highest BCUT2D eigenvalue weighted by atomic mass is 127. The van der Waals surface area contributed by atoms with E-state index in [2.05, 4.69) is 27.0 Å². The molecule has 1 amide bonds. The number of alkyl carbamates (subject to hydrolysis) is 1. The lowest BCUT2D eigenvalue weighted by atomic mass is 10.1. The summed E-state index contributed by atoms with van der Waals surface area (Å²) in [5, 5.41) is 9.09. The van der Waals surface area contributed by atoms with Gasteiger partial charge < -0.3 is 25.4 Å². The number of methoxy groups -OCH3 is 1. The van der Waals surface area contributed by atoms with Gasteiger partial charge in [0, 0.05) is 19.6 Å². The highest BCUT2D eigenvalue weighted by Gasteiger charge is 2.15. The number of nitrogens with one attached hydrogen (secondary N) is 3. The Bertz CT molecular complexity index is 615. The summed E-state index contributed by atoms with van der Waals surface area (Å²) in [7, 11) is 1.67. The van der Waals surface area contributed by atoms with E-state index >= 15 is 0 Å². The zero-order valence-electron chi connectivity index (χ0n) is 17.1. The van der Waals surface area contributed by atoms with Crippen LogP contribution in [0.25, 0.3) is 0 Å². The molecule has 0 unspecified atom stereocenters. The smallest absolute Gasteiger partial charge is 0.407 e. The largest absolute Gasteiger partial charge is 0.496 e. The molecule has 1 aromatic carbocycles. The lowest BCUT2D eigenvalue weighted by Crippen LogP contribution is -2.42. The maximum atomic E-state index is 11.6. The van der Waals surface area contributed by atoms with E-state index in [0.29, 0.717) is 25.6 Å². The third kappa shape index (κ3) is 10.9. The molecular weight excluding hydrogens is 459 g/mol. The molecule has 0 aliphatic heterocycles. The molecule has 0 fully saturated rings. The molecule has 0 radical (unpaired) electrons. The molecule has 0 bridgehead atoms. The summed E-state index contributed by atoms with van der Waals surface area (Å²) in [6.07, 6.45) is -0.421. The first-order valence-electron chi connectivity index (χ1n) is 8.87. The van der Waals surface area contributed by atoms with Gasteiger partial charge in [-0.3, -0.25) is 0 Å². The van der Waals surface area contributed by atoms with E-state index in [1.165, 1.54) is 0 Å². The second-order valence-electron chi connectivity index (χ2n) is 6.85. The molecule has 3 N–H and O–H groups in total.